The van der Waals surface area contributed by atoms with Crippen molar-refractivity contribution in [2.75, 3.05) is 6.54 Å². The maximum absolute atomic E-state index is 13.0. The van der Waals surface area contributed by atoms with Crippen molar-refractivity contribution in [3.63, 3.8) is 0 Å². The largest absolute Gasteiger partial charge is 0.348 e. The second-order valence-corrected chi connectivity index (χ2v) is 8.40. The van der Waals surface area contributed by atoms with Gasteiger partial charge in [0.15, 0.2) is 5.78 Å². The van der Waals surface area contributed by atoms with Crippen LogP contribution in [0, 0.1) is 24.0 Å². The summed E-state index contributed by atoms with van der Waals surface area (Å²) in [4.78, 5) is 50.7. The normalized spacial score (nSPS) is 13.0. The Morgan fingerprint density at radius 1 is 1.10 bits per heavy atom. The highest BCUT2D eigenvalue weighted by Gasteiger charge is 2.38. The van der Waals surface area contributed by atoms with Gasteiger partial charge in [0.05, 0.1) is 22.6 Å². The molecule has 0 bridgehead atoms. The summed E-state index contributed by atoms with van der Waals surface area (Å²) in [5, 5.41) is 13.0. The Morgan fingerprint density at radius 2 is 1.84 bits per heavy atom. The van der Waals surface area contributed by atoms with Crippen molar-refractivity contribution in [3.8, 4) is 0 Å². The van der Waals surface area contributed by atoms with E-state index in [2.05, 4.69) is 10.6 Å². The van der Waals surface area contributed by atoms with Gasteiger partial charge in [0.1, 0.15) is 0 Å². The number of aryl methyl sites for hydroxylation is 2. The molecule has 9 heteroatoms. The van der Waals surface area contributed by atoms with Gasteiger partial charge in [0.2, 0.25) is 0 Å². The maximum Gasteiger partial charge on any atom is 0.270 e. The molecule has 0 N–H and O–H groups in total. The van der Waals surface area contributed by atoms with Crippen LogP contribution in [0.4, 0.5) is 5.69 Å². The van der Waals surface area contributed by atoms with Crippen molar-refractivity contribution in [1.82, 2.24) is 9.47 Å². The van der Waals surface area contributed by atoms with Crippen molar-refractivity contribution >= 4 is 34.6 Å². The predicted octanol–water partition coefficient (Wildman–Crippen LogP) is 3.80. The third kappa shape index (κ3) is 3.68. The quantitative estimate of drug-likeness (QED) is 0.242. The van der Waals surface area contributed by atoms with Gasteiger partial charge in [-0.05, 0) is 43.8 Å². The van der Waals surface area contributed by atoms with Crippen LogP contribution in [0.5, 0.6) is 0 Å². The molecule has 0 aliphatic carbocycles. The summed E-state index contributed by atoms with van der Waals surface area (Å²) in [5.41, 5.74) is 1.92. The highest BCUT2D eigenvalue weighted by atomic mass is 32.1. The van der Waals surface area contributed by atoms with Gasteiger partial charge in [-0.3, -0.25) is 29.4 Å². The Labute approximate surface area is 181 Å². The van der Waals surface area contributed by atoms with E-state index in [0.717, 1.165) is 35.3 Å². The number of thiophene rings is 1. The number of Topliss-reactive ketones (excluding diaryl/α,β-unsaturated/α-hetero) is 1. The number of carbonyl (C=O) groups excluding carboxylic acids is 3. The van der Waals surface area contributed by atoms with E-state index in [1.54, 1.807) is 17.4 Å². The molecule has 31 heavy (non-hydrogen) atoms. The lowest BCUT2D eigenvalue weighted by atomic mass is 10.1. The van der Waals surface area contributed by atoms with Gasteiger partial charge in [0.25, 0.3) is 17.5 Å². The van der Waals surface area contributed by atoms with E-state index in [-0.39, 0.29) is 22.6 Å². The van der Waals surface area contributed by atoms with Crippen molar-refractivity contribution in [2.45, 2.75) is 26.8 Å². The molecule has 1 aliphatic heterocycles. The third-order valence-electron chi connectivity index (χ3n) is 5.50. The summed E-state index contributed by atoms with van der Waals surface area (Å²) in [7, 11) is 0. The summed E-state index contributed by atoms with van der Waals surface area (Å²) < 4.78 is 2.05. The minimum atomic E-state index is -0.691. The van der Waals surface area contributed by atoms with E-state index in [1.165, 1.54) is 17.0 Å². The lowest BCUT2D eigenvalue weighted by Crippen LogP contribution is -2.35. The molecule has 0 saturated carbocycles. The van der Waals surface area contributed by atoms with E-state index in [9.17, 15) is 24.5 Å². The minimum absolute atomic E-state index is 0.0478. The number of non-ortho nitro benzene ring substituents is 1. The minimum Gasteiger partial charge on any atom is -0.348 e. The van der Waals surface area contributed by atoms with Gasteiger partial charge < -0.3 is 4.57 Å². The predicted molar refractivity (Wildman–Crippen MR) is 115 cm³/mol. The zero-order chi connectivity index (χ0) is 22.3. The molecule has 0 atom stereocenters. The van der Waals surface area contributed by atoms with Crippen LogP contribution in [-0.2, 0) is 13.0 Å². The number of amides is 2. The maximum atomic E-state index is 13.0. The molecule has 158 valence electrons. The Bertz CT molecular complexity index is 1230. The summed E-state index contributed by atoms with van der Waals surface area (Å²) >= 11 is 1.68. The van der Waals surface area contributed by atoms with Crippen LogP contribution in [0.2, 0.25) is 0 Å². The first-order valence-electron chi connectivity index (χ1n) is 9.65. The molecule has 0 fully saturated rings. The first kappa shape index (κ1) is 20.7. The lowest BCUT2D eigenvalue weighted by Gasteiger charge is -2.13. The fourth-order valence-electron chi connectivity index (χ4n) is 3.87. The number of ketones is 1. The average Bonchev–Trinajstić information content (AvgIpc) is 3.42. The monoisotopic (exact) mass is 437 g/mol. The lowest BCUT2D eigenvalue weighted by molar-refractivity contribution is -0.384. The molecule has 1 aromatic carbocycles. The molecule has 0 radical (unpaired) electrons. The fourth-order valence-corrected chi connectivity index (χ4v) is 4.57. The van der Waals surface area contributed by atoms with E-state index in [0.29, 0.717) is 5.56 Å². The van der Waals surface area contributed by atoms with Crippen molar-refractivity contribution < 1.29 is 19.3 Å². The number of aromatic nitrogens is 1. The first-order chi connectivity index (χ1) is 14.8. The van der Waals surface area contributed by atoms with Crippen LogP contribution in [0.1, 0.15) is 47.3 Å². The summed E-state index contributed by atoms with van der Waals surface area (Å²) in [6, 6.07) is 9.36. The Hall–Kier alpha value is -3.59. The van der Waals surface area contributed by atoms with E-state index < -0.39 is 23.3 Å². The van der Waals surface area contributed by atoms with Gasteiger partial charge in [-0.1, -0.05) is 6.07 Å². The number of carbonyl (C=O) groups is 3. The number of nitrogens with zero attached hydrogens (tertiary/aromatic N) is 3. The fraction of sp³-hybridized carbons (Fsp3) is 0.227. The van der Waals surface area contributed by atoms with Crippen molar-refractivity contribution in [2.24, 2.45) is 0 Å². The first-order valence-corrected chi connectivity index (χ1v) is 10.5. The van der Waals surface area contributed by atoms with Gasteiger partial charge >= 0.3 is 0 Å². The van der Waals surface area contributed by atoms with Crippen LogP contribution < -0.4 is 0 Å². The third-order valence-corrected chi connectivity index (χ3v) is 6.44. The molecule has 3 aromatic rings. The summed E-state index contributed by atoms with van der Waals surface area (Å²) in [6.07, 6.45) is 0.846. The second kappa shape index (κ2) is 7.92. The molecule has 0 saturated heterocycles. The summed E-state index contributed by atoms with van der Waals surface area (Å²) in [6.45, 7) is 4.08. The smallest absolute Gasteiger partial charge is 0.270 e. The average molecular weight is 437 g/mol. The molecule has 0 spiro atoms. The SMILES string of the molecule is Cc1cc(C(=O)CN2C(=O)c3ccc([N+](=O)[O-])cc3C2=O)c(C)n1CCc1cccs1. The molecular weight excluding hydrogens is 418 g/mol. The van der Waals surface area contributed by atoms with Gasteiger partial charge in [-0.25, -0.2) is 0 Å². The van der Waals surface area contributed by atoms with Crippen LogP contribution in [0.25, 0.3) is 0 Å². The van der Waals surface area contributed by atoms with Gasteiger partial charge in [-0.2, -0.15) is 0 Å². The second-order valence-electron chi connectivity index (χ2n) is 7.37. The van der Waals surface area contributed by atoms with Gasteiger partial charge in [-0.15, -0.1) is 11.3 Å². The Morgan fingerprint density at radius 3 is 2.52 bits per heavy atom. The Kier molecular flexibility index (Phi) is 5.28. The van der Waals surface area contributed by atoms with Gasteiger partial charge in [0, 0.05) is 40.5 Å². The standard InChI is InChI=1S/C22H19N3O5S/c1-13-10-18(14(2)23(13)8-7-16-4-3-9-31-16)20(26)12-24-21(27)17-6-5-15(25(29)30)11-19(17)22(24)28/h3-6,9-11H,7-8,12H2,1-2H3. The van der Waals surface area contributed by atoms with Crippen LogP contribution >= 0.6 is 11.3 Å². The molecule has 3 heterocycles. The number of hydrogen-bond donors (Lipinski definition) is 0. The number of imide groups is 1. The molecule has 2 amide bonds. The number of nitro benzene ring substituents is 1. The zero-order valence-electron chi connectivity index (χ0n) is 17.0. The highest BCUT2D eigenvalue weighted by molar-refractivity contribution is 7.09. The Balaban J connectivity index is 1.53. The van der Waals surface area contributed by atoms with Crippen LogP contribution in [-0.4, -0.2) is 38.5 Å². The number of fused-ring (bicyclic) bond motifs is 1. The number of rotatable bonds is 7. The number of nitro groups is 1. The van der Waals surface area contributed by atoms with Crippen molar-refractivity contribution in [3.05, 3.63) is 84.8 Å². The summed E-state index contributed by atoms with van der Waals surface area (Å²) in [5.74, 6) is -1.65. The zero-order valence-corrected chi connectivity index (χ0v) is 17.8. The van der Waals surface area contributed by atoms with Crippen molar-refractivity contribution in [1.29, 1.82) is 0 Å². The topological polar surface area (TPSA) is 103 Å². The molecule has 4 rings (SSSR count). The van der Waals surface area contributed by atoms with Crippen LogP contribution in [0.15, 0.2) is 41.8 Å². The molecule has 8 nitrogen and oxygen atoms in total. The van der Waals surface area contributed by atoms with Crippen LogP contribution in [0.3, 0.4) is 0 Å². The van der Waals surface area contributed by atoms with E-state index >= 15 is 0 Å². The molecular formula is C22H19N3O5S. The van der Waals surface area contributed by atoms with E-state index in [4.69, 9.17) is 0 Å². The molecule has 1 aliphatic rings. The van der Waals surface area contributed by atoms with E-state index in [1.807, 2.05) is 25.3 Å². The number of hydrogen-bond acceptors (Lipinski definition) is 6. The number of benzene rings is 1. The molecule has 2 aromatic heterocycles. The molecule has 0 unspecified atom stereocenters. The highest BCUT2D eigenvalue weighted by Crippen LogP contribution is 2.27.